The minimum absolute atomic E-state index is 0.000556. The molecule has 6 nitrogen and oxygen atoms in total. The Morgan fingerprint density at radius 1 is 1.67 bits per heavy atom. The number of aromatic amines is 1. The zero-order valence-corrected chi connectivity index (χ0v) is 9.16. The number of aromatic nitrogens is 2. The molecule has 0 saturated heterocycles. The summed E-state index contributed by atoms with van der Waals surface area (Å²) in [5.41, 5.74) is 0.308. The van der Waals surface area contributed by atoms with E-state index < -0.39 is 10.0 Å². The van der Waals surface area contributed by atoms with Crippen LogP contribution in [0.15, 0.2) is 11.2 Å². The van der Waals surface area contributed by atoms with Gasteiger partial charge in [0.2, 0.25) is 0 Å². The topological polar surface area (TPSA) is 86.3 Å². The SMILES string of the molecule is CN(C1CC1)S(=O)(=O)c1[nH]ncc1CO. The average Bonchev–Trinajstić information content (AvgIpc) is 2.93. The van der Waals surface area contributed by atoms with Gasteiger partial charge in [-0.25, -0.2) is 8.42 Å². The van der Waals surface area contributed by atoms with Crippen LogP contribution in [0.3, 0.4) is 0 Å². The van der Waals surface area contributed by atoms with E-state index in [-0.39, 0.29) is 17.7 Å². The molecule has 84 valence electrons. The van der Waals surface area contributed by atoms with Crippen molar-refractivity contribution < 1.29 is 13.5 Å². The van der Waals surface area contributed by atoms with Crippen LogP contribution in [0.1, 0.15) is 18.4 Å². The van der Waals surface area contributed by atoms with E-state index >= 15 is 0 Å². The number of sulfonamides is 1. The molecule has 0 aromatic carbocycles. The summed E-state index contributed by atoms with van der Waals surface area (Å²) in [5.74, 6) is 0. The summed E-state index contributed by atoms with van der Waals surface area (Å²) >= 11 is 0. The van der Waals surface area contributed by atoms with Gasteiger partial charge in [-0.15, -0.1) is 0 Å². The third-order valence-electron chi connectivity index (χ3n) is 2.55. The van der Waals surface area contributed by atoms with Crippen LogP contribution in [0.25, 0.3) is 0 Å². The molecule has 1 aliphatic carbocycles. The first-order chi connectivity index (χ1) is 7.07. The molecule has 1 aromatic rings. The second-order valence-electron chi connectivity index (χ2n) is 3.63. The minimum atomic E-state index is -3.52. The van der Waals surface area contributed by atoms with Gasteiger partial charge in [-0.05, 0) is 12.8 Å². The first-order valence-electron chi connectivity index (χ1n) is 4.68. The standard InChI is InChI=1S/C8H13N3O3S/c1-11(7-2-3-7)15(13,14)8-6(5-12)4-9-10-8/h4,7,12H,2-3,5H2,1H3,(H,9,10). The summed E-state index contributed by atoms with van der Waals surface area (Å²) in [6.07, 6.45) is 3.13. The van der Waals surface area contributed by atoms with E-state index in [0.29, 0.717) is 5.56 Å². The Bertz CT molecular complexity index is 449. The normalized spacial score (nSPS) is 17.3. The fourth-order valence-electron chi connectivity index (χ4n) is 1.41. The first-order valence-corrected chi connectivity index (χ1v) is 6.12. The molecule has 0 amide bonds. The van der Waals surface area contributed by atoms with Crippen molar-refractivity contribution in [2.75, 3.05) is 7.05 Å². The second kappa shape index (κ2) is 3.58. The molecule has 0 spiro atoms. The van der Waals surface area contributed by atoms with Crippen molar-refractivity contribution in [3.05, 3.63) is 11.8 Å². The Morgan fingerprint density at radius 3 is 2.87 bits per heavy atom. The molecule has 2 rings (SSSR count). The zero-order valence-electron chi connectivity index (χ0n) is 8.34. The Kier molecular flexibility index (Phi) is 2.53. The predicted octanol–water partition coefficient (Wildman–Crippen LogP) is -0.315. The van der Waals surface area contributed by atoms with Crippen LogP contribution in [0.5, 0.6) is 0 Å². The highest BCUT2D eigenvalue weighted by Crippen LogP contribution is 2.30. The maximum absolute atomic E-state index is 12.0. The Hall–Kier alpha value is -0.920. The quantitative estimate of drug-likeness (QED) is 0.744. The average molecular weight is 231 g/mol. The van der Waals surface area contributed by atoms with Crippen LogP contribution in [0, 0.1) is 0 Å². The molecule has 7 heteroatoms. The van der Waals surface area contributed by atoms with E-state index in [1.54, 1.807) is 7.05 Å². The number of nitrogens with zero attached hydrogens (tertiary/aromatic N) is 2. The van der Waals surface area contributed by atoms with E-state index in [1.165, 1.54) is 10.5 Å². The summed E-state index contributed by atoms with van der Waals surface area (Å²) in [6, 6.07) is 0.102. The predicted molar refractivity (Wildman–Crippen MR) is 52.5 cm³/mol. The Labute approximate surface area is 88.0 Å². The van der Waals surface area contributed by atoms with Gasteiger partial charge in [0.1, 0.15) is 0 Å². The largest absolute Gasteiger partial charge is 0.392 e. The van der Waals surface area contributed by atoms with Crippen LogP contribution in [0.4, 0.5) is 0 Å². The molecule has 1 aliphatic rings. The molecule has 15 heavy (non-hydrogen) atoms. The van der Waals surface area contributed by atoms with Gasteiger partial charge in [-0.1, -0.05) is 0 Å². The maximum Gasteiger partial charge on any atom is 0.260 e. The lowest BCUT2D eigenvalue weighted by Crippen LogP contribution is -2.29. The van der Waals surface area contributed by atoms with Crippen molar-refractivity contribution >= 4 is 10.0 Å². The third-order valence-corrected chi connectivity index (χ3v) is 4.47. The lowest BCUT2D eigenvalue weighted by atomic mass is 10.4. The van der Waals surface area contributed by atoms with Crippen LogP contribution >= 0.6 is 0 Å². The molecular formula is C8H13N3O3S. The smallest absolute Gasteiger partial charge is 0.260 e. The summed E-state index contributed by atoms with van der Waals surface area (Å²) in [5, 5.41) is 15.0. The summed E-state index contributed by atoms with van der Waals surface area (Å²) in [6.45, 7) is -0.330. The third kappa shape index (κ3) is 1.77. The van der Waals surface area contributed by atoms with Crippen LogP contribution in [0.2, 0.25) is 0 Å². The molecule has 1 heterocycles. The fraction of sp³-hybridized carbons (Fsp3) is 0.625. The van der Waals surface area contributed by atoms with Gasteiger partial charge in [-0.2, -0.15) is 9.40 Å². The molecule has 0 radical (unpaired) electrons. The lowest BCUT2D eigenvalue weighted by molar-refractivity contribution is 0.278. The highest BCUT2D eigenvalue weighted by molar-refractivity contribution is 7.89. The molecule has 0 unspecified atom stereocenters. The van der Waals surface area contributed by atoms with E-state index in [1.807, 2.05) is 0 Å². The van der Waals surface area contributed by atoms with Gasteiger partial charge in [-0.3, -0.25) is 5.10 Å². The number of aliphatic hydroxyl groups is 1. The molecule has 0 bridgehead atoms. The van der Waals surface area contributed by atoms with E-state index in [2.05, 4.69) is 10.2 Å². The Morgan fingerprint density at radius 2 is 2.33 bits per heavy atom. The number of aliphatic hydroxyl groups excluding tert-OH is 1. The second-order valence-corrected chi connectivity index (χ2v) is 5.57. The molecule has 1 saturated carbocycles. The summed E-state index contributed by atoms with van der Waals surface area (Å²) in [4.78, 5) is 0. The zero-order chi connectivity index (χ0) is 11.1. The van der Waals surface area contributed by atoms with Gasteiger partial charge >= 0.3 is 0 Å². The van der Waals surface area contributed by atoms with Crippen molar-refractivity contribution in [3.63, 3.8) is 0 Å². The first kappa shape index (κ1) is 10.6. The highest BCUT2D eigenvalue weighted by Gasteiger charge is 2.36. The molecule has 1 aromatic heterocycles. The van der Waals surface area contributed by atoms with Gasteiger partial charge in [0.15, 0.2) is 5.03 Å². The summed E-state index contributed by atoms with van der Waals surface area (Å²) in [7, 11) is -1.97. The minimum Gasteiger partial charge on any atom is -0.392 e. The molecule has 0 atom stereocenters. The number of H-pyrrole nitrogens is 1. The van der Waals surface area contributed by atoms with Crippen LogP contribution < -0.4 is 0 Å². The van der Waals surface area contributed by atoms with Crippen LogP contribution in [-0.2, 0) is 16.6 Å². The van der Waals surface area contributed by atoms with Crippen molar-refractivity contribution in [1.29, 1.82) is 0 Å². The number of hydrogen-bond acceptors (Lipinski definition) is 4. The van der Waals surface area contributed by atoms with Gasteiger partial charge in [0.05, 0.1) is 12.8 Å². The number of nitrogens with one attached hydrogen (secondary N) is 1. The van der Waals surface area contributed by atoms with E-state index in [4.69, 9.17) is 5.11 Å². The molecular weight excluding hydrogens is 218 g/mol. The van der Waals surface area contributed by atoms with Gasteiger partial charge < -0.3 is 5.11 Å². The molecule has 0 aliphatic heterocycles. The Balaban J connectivity index is 2.36. The van der Waals surface area contributed by atoms with Crippen molar-refractivity contribution in [1.82, 2.24) is 14.5 Å². The van der Waals surface area contributed by atoms with Crippen molar-refractivity contribution in [3.8, 4) is 0 Å². The number of hydrogen-bond donors (Lipinski definition) is 2. The fourth-order valence-corrected chi connectivity index (χ4v) is 2.92. The monoisotopic (exact) mass is 231 g/mol. The molecule has 1 fully saturated rings. The highest BCUT2D eigenvalue weighted by atomic mass is 32.2. The lowest BCUT2D eigenvalue weighted by Gasteiger charge is -2.15. The summed E-state index contributed by atoms with van der Waals surface area (Å²) < 4.78 is 25.3. The van der Waals surface area contributed by atoms with E-state index in [9.17, 15) is 8.42 Å². The van der Waals surface area contributed by atoms with Gasteiger partial charge in [0, 0.05) is 18.7 Å². The van der Waals surface area contributed by atoms with E-state index in [0.717, 1.165) is 12.8 Å². The van der Waals surface area contributed by atoms with Crippen molar-refractivity contribution in [2.45, 2.75) is 30.5 Å². The molecule has 2 N–H and O–H groups in total. The maximum atomic E-state index is 12.0. The van der Waals surface area contributed by atoms with Gasteiger partial charge in [0.25, 0.3) is 10.0 Å². The van der Waals surface area contributed by atoms with Crippen LogP contribution in [-0.4, -0.2) is 41.1 Å². The number of rotatable bonds is 4. The van der Waals surface area contributed by atoms with Crippen molar-refractivity contribution in [2.24, 2.45) is 0 Å².